The second-order valence-corrected chi connectivity index (χ2v) is 6.46. The van der Waals surface area contributed by atoms with E-state index >= 15 is 0 Å². The van der Waals surface area contributed by atoms with Gasteiger partial charge in [-0.2, -0.15) is 5.10 Å². The molecule has 3 heterocycles. The van der Waals surface area contributed by atoms with E-state index in [4.69, 9.17) is 4.74 Å². The molecule has 0 aliphatic carbocycles. The number of carbonyl (C=O) groups is 1. The van der Waals surface area contributed by atoms with Crippen molar-refractivity contribution < 1.29 is 9.53 Å². The van der Waals surface area contributed by atoms with Gasteiger partial charge in [0.25, 0.3) is 5.91 Å². The SMILES string of the molecule is COc1ccccc1-c1cn2c(C(=O)NCc3n[nH]c(C)n3)csc2n1. The molecule has 0 radical (unpaired) electrons. The number of rotatable bonds is 5. The Morgan fingerprint density at radius 3 is 2.96 bits per heavy atom. The molecule has 0 saturated heterocycles. The third-order valence-electron chi connectivity index (χ3n) is 3.88. The number of aromatic amines is 1. The summed E-state index contributed by atoms with van der Waals surface area (Å²) in [5.74, 6) is 1.79. The number of aryl methyl sites for hydroxylation is 1. The molecule has 9 heteroatoms. The van der Waals surface area contributed by atoms with Crippen LogP contribution in [-0.2, 0) is 6.54 Å². The first-order valence-electron chi connectivity index (χ1n) is 7.92. The Morgan fingerprint density at radius 1 is 1.35 bits per heavy atom. The molecule has 0 atom stereocenters. The number of ether oxygens (including phenoxy) is 1. The summed E-state index contributed by atoms with van der Waals surface area (Å²) >= 11 is 1.41. The standard InChI is InChI=1S/C17H16N6O2S/c1-10-19-15(22-21-10)7-18-16(24)13-9-26-17-20-12(8-23(13)17)11-5-3-4-6-14(11)25-2/h3-6,8-9H,7H2,1-2H3,(H,18,24)(H,19,21,22). The van der Waals surface area contributed by atoms with E-state index in [1.54, 1.807) is 16.9 Å². The molecule has 1 amide bonds. The monoisotopic (exact) mass is 368 g/mol. The second-order valence-electron chi connectivity index (χ2n) is 5.62. The Hall–Kier alpha value is -3.20. The van der Waals surface area contributed by atoms with Crippen LogP contribution >= 0.6 is 11.3 Å². The lowest BCUT2D eigenvalue weighted by Gasteiger charge is -2.04. The van der Waals surface area contributed by atoms with E-state index in [-0.39, 0.29) is 12.5 Å². The van der Waals surface area contributed by atoms with Crippen molar-refractivity contribution in [3.63, 3.8) is 0 Å². The van der Waals surface area contributed by atoms with Gasteiger partial charge in [0.2, 0.25) is 0 Å². The lowest BCUT2D eigenvalue weighted by molar-refractivity contribution is 0.0944. The number of hydrogen-bond donors (Lipinski definition) is 2. The first kappa shape index (κ1) is 16.3. The maximum absolute atomic E-state index is 12.5. The molecule has 0 fully saturated rings. The van der Waals surface area contributed by atoms with Crippen LogP contribution in [0.3, 0.4) is 0 Å². The number of nitrogens with zero attached hydrogens (tertiary/aromatic N) is 4. The van der Waals surface area contributed by atoms with E-state index in [1.807, 2.05) is 37.4 Å². The van der Waals surface area contributed by atoms with Crippen molar-refractivity contribution in [2.24, 2.45) is 0 Å². The van der Waals surface area contributed by atoms with Crippen molar-refractivity contribution in [2.75, 3.05) is 7.11 Å². The van der Waals surface area contributed by atoms with Crippen LogP contribution in [0.4, 0.5) is 0 Å². The van der Waals surface area contributed by atoms with Gasteiger partial charge in [0.15, 0.2) is 10.8 Å². The normalized spacial score (nSPS) is 11.0. The average Bonchev–Trinajstić information content (AvgIpc) is 3.35. The molecular weight excluding hydrogens is 352 g/mol. The average molecular weight is 368 g/mol. The highest BCUT2D eigenvalue weighted by Crippen LogP contribution is 2.30. The van der Waals surface area contributed by atoms with Gasteiger partial charge in [-0.25, -0.2) is 9.97 Å². The smallest absolute Gasteiger partial charge is 0.269 e. The molecule has 132 valence electrons. The van der Waals surface area contributed by atoms with Crippen molar-refractivity contribution in [3.8, 4) is 17.0 Å². The molecule has 0 aliphatic heterocycles. The zero-order chi connectivity index (χ0) is 18.1. The fourth-order valence-corrected chi connectivity index (χ4v) is 3.50. The summed E-state index contributed by atoms with van der Waals surface area (Å²) in [5, 5.41) is 11.4. The number of para-hydroxylation sites is 1. The number of H-pyrrole nitrogens is 1. The number of hydrogen-bond acceptors (Lipinski definition) is 6. The van der Waals surface area contributed by atoms with E-state index in [0.29, 0.717) is 17.3 Å². The van der Waals surface area contributed by atoms with E-state index in [1.165, 1.54) is 11.3 Å². The van der Waals surface area contributed by atoms with Crippen LogP contribution in [0.1, 0.15) is 22.1 Å². The van der Waals surface area contributed by atoms with Gasteiger partial charge < -0.3 is 10.1 Å². The molecule has 0 spiro atoms. The predicted molar refractivity (Wildman–Crippen MR) is 97.3 cm³/mol. The zero-order valence-corrected chi connectivity index (χ0v) is 15.0. The summed E-state index contributed by atoms with van der Waals surface area (Å²) in [6, 6.07) is 7.66. The van der Waals surface area contributed by atoms with Gasteiger partial charge >= 0.3 is 0 Å². The van der Waals surface area contributed by atoms with Crippen LogP contribution in [0.2, 0.25) is 0 Å². The van der Waals surface area contributed by atoms with Crippen LogP contribution < -0.4 is 10.1 Å². The number of carbonyl (C=O) groups excluding carboxylic acids is 1. The summed E-state index contributed by atoms with van der Waals surface area (Å²) in [7, 11) is 1.63. The number of thiazole rings is 1. The second kappa shape index (κ2) is 6.60. The minimum absolute atomic E-state index is 0.206. The number of methoxy groups -OCH3 is 1. The minimum Gasteiger partial charge on any atom is -0.496 e. The first-order chi connectivity index (χ1) is 12.7. The highest BCUT2D eigenvalue weighted by molar-refractivity contribution is 7.15. The number of nitrogens with one attached hydrogen (secondary N) is 2. The van der Waals surface area contributed by atoms with Crippen LogP contribution in [0, 0.1) is 6.92 Å². The molecule has 1 aromatic carbocycles. The van der Waals surface area contributed by atoms with Crippen molar-refractivity contribution in [3.05, 3.63) is 53.2 Å². The number of amides is 1. The Kier molecular flexibility index (Phi) is 4.13. The van der Waals surface area contributed by atoms with E-state index in [0.717, 1.165) is 22.0 Å². The maximum Gasteiger partial charge on any atom is 0.269 e. The molecular formula is C17H16N6O2S. The van der Waals surface area contributed by atoms with Gasteiger partial charge in [-0.15, -0.1) is 11.3 Å². The Labute approximate surface area is 152 Å². The molecule has 0 saturated carbocycles. The highest BCUT2D eigenvalue weighted by Gasteiger charge is 2.17. The summed E-state index contributed by atoms with van der Waals surface area (Å²) in [6.45, 7) is 2.07. The van der Waals surface area contributed by atoms with Crippen LogP contribution in [0.25, 0.3) is 16.2 Å². The Balaban J connectivity index is 1.60. The van der Waals surface area contributed by atoms with Gasteiger partial charge in [-0.1, -0.05) is 12.1 Å². The molecule has 4 aromatic rings. The van der Waals surface area contributed by atoms with Crippen LogP contribution in [0.5, 0.6) is 5.75 Å². The van der Waals surface area contributed by atoms with Crippen LogP contribution in [-0.4, -0.2) is 37.6 Å². The number of aromatic nitrogens is 5. The van der Waals surface area contributed by atoms with Gasteiger partial charge in [0.05, 0.1) is 19.3 Å². The van der Waals surface area contributed by atoms with Crippen molar-refractivity contribution in [1.82, 2.24) is 29.9 Å². The largest absolute Gasteiger partial charge is 0.496 e. The summed E-state index contributed by atoms with van der Waals surface area (Å²) in [4.78, 5) is 22.1. The van der Waals surface area contributed by atoms with Gasteiger partial charge in [0, 0.05) is 17.1 Å². The highest BCUT2D eigenvalue weighted by atomic mass is 32.1. The predicted octanol–water partition coefficient (Wildman–Crippen LogP) is 2.43. The van der Waals surface area contributed by atoms with Crippen molar-refractivity contribution in [1.29, 1.82) is 0 Å². The molecule has 0 unspecified atom stereocenters. The zero-order valence-electron chi connectivity index (χ0n) is 14.2. The van der Waals surface area contributed by atoms with E-state index < -0.39 is 0 Å². The van der Waals surface area contributed by atoms with Crippen molar-refractivity contribution >= 4 is 22.2 Å². The quantitative estimate of drug-likeness (QED) is 0.564. The number of benzene rings is 1. The lowest BCUT2D eigenvalue weighted by atomic mass is 10.1. The fourth-order valence-electron chi connectivity index (χ4n) is 2.65. The van der Waals surface area contributed by atoms with E-state index in [9.17, 15) is 4.79 Å². The first-order valence-corrected chi connectivity index (χ1v) is 8.79. The lowest BCUT2D eigenvalue weighted by Crippen LogP contribution is -2.24. The Bertz CT molecular complexity index is 1080. The minimum atomic E-state index is -0.206. The molecule has 8 nitrogen and oxygen atoms in total. The third kappa shape index (κ3) is 2.93. The van der Waals surface area contributed by atoms with Crippen molar-refractivity contribution in [2.45, 2.75) is 13.5 Å². The summed E-state index contributed by atoms with van der Waals surface area (Å²) < 4.78 is 7.18. The molecule has 4 rings (SSSR count). The van der Waals surface area contributed by atoms with Gasteiger partial charge in [0.1, 0.15) is 17.3 Å². The topological polar surface area (TPSA) is 97.2 Å². The number of imidazole rings is 1. The fraction of sp³-hybridized carbons (Fsp3) is 0.176. The van der Waals surface area contributed by atoms with Crippen LogP contribution in [0.15, 0.2) is 35.8 Å². The van der Waals surface area contributed by atoms with Gasteiger partial charge in [-0.3, -0.25) is 14.3 Å². The third-order valence-corrected chi connectivity index (χ3v) is 4.72. The maximum atomic E-state index is 12.5. The Morgan fingerprint density at radius 2 is 2.19 bits per heavy atom. The molecule has 26 heavy (non-hydrogen) atoms. The molecule has 0 bridgehead atoms. The van der Waals surface area contributed by atoms with Gasteiger partial charge in [-0.05, 0) is 19.1 Å². The molecule has 3 aromatic heterocycles. The molecule has 2 N–H and O–H groups in total. The summed E-state index contributed by atoms with van der Waals surface area (Å²) in [5.41, 5.74) is 2.16. The summed E-state index contributed by atoms with van der Waals surface area (Å²) in [6.07, 6.45) is 1.84. The number of fused-ring (bicyclic) bond motifs is 1. The molecule has 0 aliphatic rings. The van der Waals surface area contributed by atoms with E-state index in [2.05, 4.69) is 25.5 Å².